The third-order valence-electron chi connectivity index (χ3n) is 6.60. The van der Waals surface area contributed by atoms with Crippen molar-refractivity contribution in [3.8, 4) is 11.1 Å². The number of benzene rings is 2. The molecule has 0 spiro atoms. The Morgan fingerprint density at radius 3 is 1.58 bits per heavy atom. The molecule has 2 aliphatic rings. The number of carbonyl (C=O) groups is 4. The van der Waals surface area contributed by atoms with Gasteiger partial charge in [0.25, 0.3) is 23.6 Å². The number of pyridine rings is 1. The van der Waals surface area contributed by atoms with E-state index in [1.807, 2.05) is 0 Å². The number of amides is 4. The summed E-state index contributed by atoms with van der Waals surface area (Å²) in [6, 6.07) is 7.99. The normalized spacial score (nSPS) is 14.4. The summed E-state index contributed by atoms with van der Waals surface area (Å²) in [6.45, 7) is 0. The SMILES string of the molecule is O=C1c2ccc3c4c(c(-c5ccncc5)cc(c24)C(=O)N1c1cncnc1)C(=O)N(c1cncnc1)C3=O. The van der Waals surface area contributed by atoms with Crippen LogP contribution in [0.25, 0.3) is 21.9 Å². The number of carbonyl (C=O) groups excluding carboxylic acids is 4. The molecule has 0 N–H and O–H groups in total. The first-order valence-corrected chi connectivity index (χ1v) is 11.4. The summed E-state index contributed by atoms with van der Waals surface area (Å²) in [7, 11) is 0. The fourth-order valence-corrected chi connectivity index (χ4v) is 5.01. The van der Waals surface area contributed by atoms with Gasteiger partial charge in [-0.2, -0.15) is 0 Å². The van der Waals surface area contributed by atoms with E-state index < -0.39 is 23.6 Å². The van der Waals surface area contributed by atoms with Gasteiger partial charge in [-0.15, -0.1) is 0 Å². The van der Waals surface area contributed by atoms with Crippen molar-refractivity contribution in [3.63, 3.8) is 0 Å². The van der Waals surface area contributed by atoms with Crippen LogP contribution in [0.15, 0.2) is 80.2 Å². The van der Waals surface area contributed by atoms with Crippen LogP contribution in [-0.4, -0.2) is 48.5 Å². The highest BCUT2D eigenvalue weighted by Gasteiger charge is 2.42. The fourth-order valence-electron chi connectivity index (χ4n) is 5.01. The molecule has 0 unspecified atom stereocenters. The van der Waals surface area contributed by atoms with Crippen molar-refractivity contribution >= 4 is 45.8 Å². The van der Waals surface area contributed by atoms with E-state index in [1.54, 1.807) is 30.6 Å². The summed E-state index contributed by atoms with van der Waals surface area (Å²) in [4.78, 5) is 76.9. The van der Waals surface area contributed by atoms with Gasteiger partial charge in [-0.3, -0.25) is 24.2 Å². The Labute approximate surface area is 213 Å². The Morgan fingerprint density at radius 1 is 0.500 bits per heavy atom. The number of hydrogen-bond acceptors (Lipinski definition) is 9. The highest BCUT2D eigenvalue weighted by atomic mass is 16.2. The van der Waals surface area contributed by atoms with Crippen LogP contribution in [-0.2, 0) is 0 Å². The second-order valence-corrected chi connectivity index (χ2v) is 8.58. The lowest BCUT2D eigenvalue weighted by Gasteiger charge is -2.32. The van der Waals surface area contributed by atoms with Crippen molar-refractivity contribution in [3.05, 3.63) is 102 Å². The lowest BCUT2D eigenvalue weighted by Crippen LogP contribution is -2.44. The van der Waals surface area contributed by atoms with E-state index in [9.17, 15) is 19.2 Å². The van der Waals surface area contributed by atoms with E-state index in [2.05, 4.69) is 24.9 Å². The average molecular weight is 499 g/mol. The van der Waals surface area contributed by atoms with Gasteiger partial charge < -0.3 is 0 Å². The van der Waals surface area contributed by atoms with Crippen molar-refractivity contribution in [1.29, 1.82) is 0 Å². The fraction of sp³-hybridized carbons (Fsp3) is 0. The van der Waals surface area contributed by atoms with E-state index in [1.165, 1.54) is 49.6 Å². The van der Waals surface area contributed by atoms with Gasteiger partial charge in [0.1, 0.15) is 12.7 Å². The van der Waals surface area contributed by atoms with E-state index >= 15 is 0 Å². The predicted molar refractivity (Wildman–Crippen MR) is 134 cm³/mol. The van der Waals surface area contributed by atoms with Gasteiger partial charge in [-0.25, -0.2) is 29.7 Å². The zero-order valence-electron chi connectivity index (χ0n) is 19.3. The molecule has 5 heterocycles. The molecule has 11 nitrogen and oxygen atoms in total. The molecular weight excluding hydrogens is 486 g/mol. The zero-order chi connectivity index (χ0) is 26.0. The maximum absolute atomic E-state index is 14.0. The quantitative estimate of drug-likeness (QED) is 0.343. The van der Waals surface area contributed by atoms with Gasteiger partial charge in [0.05, 0.1) is 41.7 Å². The molecule has 5 aromatic rings. The predicted octanol–water partition coefficient (Wildman–Crippen LogP) is 3.08. The molecule has 2 aliphatic heterocycles. The topological polar surface area (TPSA) is 139 Å². The maximum Gasteiger partial charge on any atom is 0.266 e. The first-order chi connectivity index (χ1) is 18.6. The molecule has 4 amide bonds. The first kappa shape index (κ1) is 21.6. The highest BCUT2D eigenvalue weighted by Crippen LogP contribution is 2.43. The molecule has 2 aromatic carbocycles. The van der Waals surface area contributed by atoms with E-state index in [0.29, 0.717) is 11.1 Å². The minimum Gasteiger partial charge on any atom is -0.268 e. The van der Waals surface area contributed by atoms with Crippen molar-refractivity contribution in [1.82, 2.24) is 24.9 Å². The van der Waals surface area contributed by atoms with E-state index in [4.69, 9.17) is 0 Å². The molecule has 0 saturated carbocycles. The molecule has 0 atom stereocenters. The molecule has 0 radical (unpaired) electrons. The first-order valence-electron chi connectivity index (χ1n) is 11.4. The van der Waals surface area contributed by atoms with Crippen molar-refractivity contribution in [2.45, 2.75) is 0 Å². The largest absolute Gasteiger partial charge is 0.268 e. The third-order valence-corrected chi connectivity index (χ3v) is 6.60. The van der Waals surface area contributed by atoms with Gasteiger partial charge in [0, 0.05) is 39.9 Å². The van der Waals surface area contributed by atoms with Crippen molar-refractivity contribution in [2.75, 3.05) is 9.80 Å². The summed E-state index contributed by atoms with van der Waals surface area (Å²) < 4.78 is 0. The molecule has 38 heavy (non-hydrogen) atoms. The van der Waals surface area contributed by atoms with Crippen molar-refractivity contribution < 1.29 is 19.2 Å². The number of aromatic nitrogens is 5. The van der Waals surface area contributed by atoms with Gasteiger partial charge in [0.2, 0.25) is 0 Å². The molecule has 0 saturated heterocycles. The number of nitrogens with zero attached hydrogens (tertiary/aromatic N) is 7. The Bertz CT molecular complexity index is 1840. The van der Waals surface area contributed by atoms with Gasteiger partial charge in [-0.05, 0) is 41.5 Å². The molecule has 3 aromatic heterocycles. The number of rotatable bonds is 3. The zero-order valence-corrected chi connectivity index (χ0v) is 19.3. The van der Waals surface area contributed by atoms with Crippen LogP contribution in [0, 0.1) is 0 Å². The van der Waals surface area contributed by atoms with Crippen LogP contribution in [0.1, 0.15) is 41.4 Å². The molecular formula is C27H13N7O4. The lowest BCUT2D eigenvalue weighted by atomic mass is 9.82. The Hall–Kier alpha value is -5.71. The Kier molecular flexibility index (Phi) is 4.48. The lowest BCUT2D eigenvalue weighted by molar-refractivity contribution is 0.0873. The summed E-state index contributed by atoms with van der Waals surface area (Å²) in [6.07, 6.45) is 11.2. The summed E-state index contributed by atoms with van der Waals surface area (Å²) in [5.74, 6) is -2.45. The van der Waals surface area contributed by atoms with Gasteiger partial charge >= 0.3 is 0 Å². The Morgan fingerprint density at radius 2 is 1.00 bits per heavy atom. The summed E-state index contributed by atoms with van der Waals surface area (Å²) in [5.41, 5.74) is 2.15. The monoisotopic (exact) mass is 499 g/mol. The second kappa shape index (κ2) is 7.90. The summed E-state index contributed by atoms with van der Waals surface area (Å²) in [5, 5.41) is 0.504. The van der Waals surface area contributed by atoms with Crippen LogP contribution in [0.3, 0.4) is 0 Å². The van der Waals surface area contributed by atoms with Gasteiger partial charge in [0.15, 0.2) is 0 Å². The standard InChI is InChI=1S/C27H13N7O4/c35-24-17-1-2-18-22-21(17)20(26(37)33(24)15-8-29-12-30-9-15)7-19(14-3-5-28-6-4-14)23(22)27(38)34(25(18)36)16-10-31-13-32-11-16/h1-13H. The molecule has 0 fully saturated rings. The molecule has 11 heteroatoms. The van der Waals surface area contributed by atoms with Crippen LogP contribution in [0.4, 0.5) is 11.4 Å². The molecule has 0 bridgehead atoms. The molecule has 7 rings (SSSR count). The highest BCUT2D eigenvalue weighted by molar-refractivity contribution is 6.43. The minimum atomic E-state index is -0.619. The van der Waals surface area contributed by atoms with Crippen LogP contribution < -0.4 is 9.80 Å². The minimum absolute atomic E-state index is 0.174. The van der Waals surface area contributed by atoms with Crippen LogP contribution in [0.5, 0.6) is 0 Å². The molecule has 180 valence electrons. The van der Waals surface area contributed by atoms with E-state index in [-0.39, 0.29) is 44.4 Å². The average Bonchev–Trinajstić information content (AvgIpc) is 2.96. The number of anilines is 2. The maximum atomic E-state index is 14.0. The third kappa shape index (κ3) is 2.86. The van der Waals surface area contributed by atoms with Crippen molar-refractivity contribution in [2.24, 2.45) is 0 Å². The smallest absolute Gasteiger partial charge is 0.266 e. The number of imide groups is 2. The van der Waals surface area contributed by atoms with E-state index in [0.717, 1.165) is 9.80 Å². The summed E-state index contributed by atoms with van der Waals surface area (Å²) >= 11 is 0. The van der Waals surface area contributed by atoms with Crippen LogP contribution >= 0.6 is 0 Å². The Balaban J connectivity index is 1.58. The second-order valence-electron chi connectivity index (χ2n) is 8.58. The van der Waals surface area contributed by atoms with Gasteiger partial charge in [-0.1, -0.05) is 0 Å². The number of hydrogen-bond donors (Lipinski definition) is 0. The van der Waals surface area contributed by atoms with Crippen LogP contribution in [0.2, 0.25) is 0 Å². The molecule has 0 aliphatic carbocycles.